The lowest BCUT2D eigenvalue weighted by Crippen LogP contribution is -2.35. The predicted octanol–water partition coefficient (Wildman–Crippen LogP) is 8.04. The highest BCUT2D eigenvalue weighted by Gasteiger charge is 2.42. The zero-order chi connectivity index (χ0) is 25.8. The molecule has 3 aromatic rings. The molecule has 4 nitrogen and oxygen atoms in total. The topological polar surface area (TPSA) is 45.3 Å². The Labute approximate surface area is 209 Å². The molecule has 1 aliphatic carbocycles. The standard InChI is InChI=1S/C29H31F3N2O2/c1-17-12-19(14-21(13-17)29(30,31)32)26-18(2)34(27(35)36-26)16-20-15-28(3,4)10-8-22(20)23-6-5-7-25-24(23)9-11-33-25/h5-7,9,11-14,18,26,33H,8,10,15-16H2,1-4H3/t18-,26-/m0/s1. The van der Waals surface area contributed by atoms with Gasteiger partial charge in [0.05, 0.1) is 11.6 Å². The number of aromatic amines is 1. The Morgan fingerprint density at radius 3 is 2.69 bits per heavy atom. The van der Waals surface area contributed by atoms with E-state index in [1.165, 1.54) is 16.7 Å². The molecule has 0 radical (unpaired) electrons. The molecule has 5 rings (SSSR count). The van der Waals surface area contributed by atoms with Crippen LogP contribution < -0.4 is 0 Å². The van der Waals surface area contributed by atoms with Crippen molar-refractivity contribution in [2.45, 2.75) is 65.3 Å². The molecule has 0 bridgehead atoms. The number of benzene rings is 2. The summed E-state index contributed by atoms with van der Waals surface area (Å²) in [5, 5.41) is 1.15. The molecule has 1 fully saturated rings. The molecule has 0 saturated carbocycles. The number of ether oxygens (including phenoxy) is 1. The highest BCUT2D eigenvalue weighted by molar-refractivity contribution is 5.93. The Bertz CT molecular complexity index is 1350. The molecule has 7 heteroatoms. The number of carbonyl (C=O) groups excluding carboxylic acids is 1. The van der Waals surface area contributed by atoms with E-state index in [1.807, 2.05) is 25.3 Å². The number of nitrogens with one attached hydrogen (secondary N) is 1. The first kappa shape index (κ1) is 24.5. The van der Waals surface area contributed by atoms with Crippen LogP contribution in [-0.2, 0) is 10.9 Å². The lowest BCUT2D eigenvalue weighted by Gasteiger charge is -2.35. The van der Waals surface area contributed by atoms with Crippen LogP contribution in [0.3, 0.4) is 0 Å². The SMILES string of the molecule is Cc1cc([C@H]2OC(=O)N(CC3=C(c4cccc5[nH]ccc45)CCC(C)(C)C3)[C@H]2C)cc(C(F)(F)F)c1. The monoisotopic (exact) mass is 496 g/mol. The summed E-state index contributed by atoms with van der Waals surface area (Å²) in [6.45, 7) is 8.35. The zero-order valence-corrected chi connectivity index (χ0v) is 21.0. The van der Waals surface area contributed by atoms with Crippen LogP contribution >= 0.6 is 0 Å². The third kappa shape index (κ3) is 4.51. The Balaban J connectivity index is 1.50. The van der Waals surface area contributed by atoms with Crippen LogP contribution in [0.4, 0.5) is 18.0 Å². The molecule has 190 valence electrons. The number of nitrogens with zero attached hydrogens (tertiary/aromatic N) is 1. The number of amides is 1. The average molecular weight is 497 g/mol. The molecule has 2 heterocycles. The number of aromatic nitrogens is 1. The molecular weight excluding hydrogens is 465 g/mol. The first-order chi connectivity index (χ1) is 16.9. The maximum atomic E-state index is 13.4. The van der Waals surface area contributed by atoms with Crippen LogP contribution in [0.5, 0.6) is 0 Å². The molecule has 1 aromatic heterocycles. The number of allylic oxidation sites excluding steroid dienone is 1. The van der Waals surface area contributed by atoms with E-state index in [-0.39, 0.29) is 5.41 Å². The van der Waals surface area contributed by atoms with E-state index < -0.39 is 30.0 Å². The van der Waals surface area contributed by atoms with Gasteiger partial charge in [0, 0.05) is 23.6 Å². The summed E-state index contributed by atoms with van der Waals surface area (Å²) >= 11 is 0. The van der Waals surface area contributed by atoms with Gasteiger partial charge < -0.3 is 9.72 Å². The number of hydrogen-bond acceptors (Lipinski definition) is 2. The van der Waals surface area contributed by atoms with Crippen LogP contribution in [0.15, 0.2) is 54.2 Å². The highest BCUT2D eigenvalue weighted by Crippen LogP contribution is 2.45. The van der Waals surface area contributed by atoms with Crippen molar-refractivity contribution in [1.29, 1.82) is 0 Å². The minimum atomic E-state index is -4.46. The minimum absolute atomic E-state index is 0.0926. The summed E-state index contributed by atoms with van der Waals surface area (Å²) in [5.41, 5.74) is 4.90. The summed E-state index contributed by atoms with van der Waals surface area (Å²) < 4.78 is 46.0. The third-order valence-electron chi connectivity index (χ3n) is 7.60. The summed E-state index contributed by atoms with van der Waals surface area (Å²) in [6.07, 6.45) is -0.988. The normalized spacial score (nSPS) is 22.4. The number of carbonyl (C=O) groups is 1. The van der Waals surface area contributed by atoms with Crippen molar-refractivity contribution in [3.8, 4) is 0 Å². The Hall–Kier alpha value is -3.22. The fraction of sp³-hybridized carbons (Fsp3) is 0.414. The lowest BCUT2D eigenvalue weighted by atomic mass is 9.72. The van der Waals surface area contributed by atoms with Crippen molar-refractivity contribution in [2.24, 2.45) is 5.41 Å². The number of H-pyrrole nitrogens is 1. The fourth-order valence-corrected chi connectivity index (χ4v) is 5.74. The summed E-state index contributed by atoms with van der Waals surface area (Å²) in [6, 6.07) is 11.8. The third-order valence-corrected chi connectivity index (χ3v) is 7.60. The highest BCUT2D eigenvalue weighted by atomic mass is 19.4. The number of cyclic esters (lactones) is 1. The molecule has 1 N–H and O–H groups in total. The predicted molar refractivity (Wildman–Crippen MR) is 134 cm³/mol. The summed E-state index contributed by atoms with van der Waals surface area (Å²) in [5.74, 6) is 0. The van der Waals surface area contributed by atoms with E-state index in [0.717, 1.165) is 42.3 Å². The molecular formula is C29H31F3N2O2. The van der Waals surface area contributed by atoms with Crippen molar-refractivity contribution in [3.63, 3.8) is 0 Å². The second-order valence-electron chi connectivity index (χ2n) is 11.0. The Morgan fingerprint density at radius 2 is 1.94 bits per heavy atom. The maximum Gasteiger partial charge on any atom is 0.416 e. The van der Waals surface area contributed by atoms with Gasteiger partial charge in [-0.2, -0.15) is 13.2 Å². The number of rotatable bonds is 4. The van der Waals surface area contributed by atoms with Crippen molar-refractivity contribution in [2.75, 3.05) is 6.54 Å². The van der Waals surface area contributed by atoms with Gasteiger partial charge in [0.2, 0.25) is 0 Å². The fourth-order valence-electron chi connectivity index (χ4n) is 5.74. The summed E-state index contributed by atoms with van der Waals surface area (Å²) in [7, 11) is 0. The van der Waals surface area contributed by atoms with Gasteiger partial charge in [-0.15, -0.1) is 0 Å². The molecule has 2 aliphatic rings. The maximum absolute atomic E-state index is 13.4. The molecule has 1 saturated heterocycles. The molecule has 0 spiro atoms. The van der Waals surface area contributed by atoms with Crippen LogP contribution in [0.2, 0.25) is 0 Å². The van der Waals surface area contributed by atoms with Crippen molar-refractivity contribution < 1.29 is 22.7 Å². The number of fused-ring (bicyclic) bond motifs is 1. The first-order valence-corrected chi connectivity index (χ1v) is 12.4. The van der Waals surface area contributed by atoms with E-state index in [4.69, 9.17) is 4.74 Å². The van der Waals surface area contributed by atoms with Gasteiger partial charge in [0.15, 0.2) is 0 Å². The number of aryl methyl sites for hydroxylation is 1. The van der Waals surface area contributed by atoms with Crippen LogP contribution in [0.25, 0.3) is 16.5 Å². The van der Waals surface area contributed by atoms with E-state index in [1.54, 1.807) is 17.9 Å². The minimum Gasteiger partial charge on any atom is -0.439 e. The van der Waals surface area contributed by atoms with Crippen molar-refractivity contribution in [3.05, 3.63) is 76.5 Å². The van der Waals surface area contributed by atoms with Gasteiger partial charge >= 0.3 is 12.3 Å². The number of hydrogen-bond donors (Lipinski definition) is 1. The quantitative estimate of drug-likeness (QED) is 0.397. The van der Waals surface area contributed by atoms with Crippen molar-refractivity contribution >= 4 is 22.6 Å². The molecule has 36 heavy (non-hydrogen) atoms. The molecule has 2 atom stereocenters. The van der Waals surface area contributed by atoms with E-state index in [9.17, 15) is 18.0 Å². The number of halogens is 3. The van der Waals surface area contributed by atoms with Crippen LogP contribution in [0.1, 0.15) is 68.4 Å². The lowest BCUT2D eigenvalue weighted by molar-refractivity contribution is -0.137. The van der Waals surface area contributed by atoms with E-state index in [2.05, 4.69) is 31.0 Å². The van der Waals surface area contributed by atoms with Crippen LogP contribution in [0, 0.1) is 12.3 Å². The Morgan fingerprint density at radius 1 is 1.17 bits per heavy atom. The van der Waals surface area contributed by atoms with Crippen LogP contribution in [-0.4, -0.2) is 28.6 Å². The van der Waals surface area contributed by atoms with Gasteiger partial charge in [-0.3, -0.25) is 4.90 Å². The second kappa shape index (κ2) is 8.71. The first-order valence-electron chi connectivity index (χ1n) is 12.4. The zero-order valence-electron chi connectivity index (χ0n) is 21.0. The van der Waals surface area contributed by atoms with E-state index in [0.29, 0.717) is 17.7 Å². The smallest absolute Gasteiger partial charge is 0.416 e. The summed E-state index contributed by atoms with van der Waals surface area (Å²) in [4.78, 5) is 18.0. The van der Waals surface area contributed by atoms with Gasteiger partial charge in [-0.05, 0) is 85.1 Å². The largest absolute Gasteiger partial charge is 0.439 e. The van der Waals surface area contributed by atoms with E-state index >= 15 is 0 Å². The molecule has 2 aromatic carbocycles. The number of alkyl halides is 3. The van der Waals surface area contributed by atoms with Gasteiger partial charge in [-0.1, -0.05) is 37.6 Å². The molecule has 1 aliphatic heterocycles. The van der Waals surface area contributed by atoms with Crippen molar-refractivity contribution in [1.82, 2.24) is 9.88 Å². The molecule has 1 amide bonds. The second-order valence-corrected chi connectivity index (χ2v) is 11.0. The van der Waals surface area contributed by atoms with Gasteiger partial charge in [0.25, 0.3) is 0 Å². The molecule has 0 unspecified atom stereocenters. The van der Waals surface area contributed by atoms with Gasteiger partial charge in [0.1, 0.15) is 6.10 Å². The average Bonchev–Trinajstić information content (AvgIpc) is 3.38. The van der Waals surface area contributed by atoms with Gasteiger partial charge in [-0.25, -0.2) is 4.79 Å². The Kier molecular flexibility index (Phi) is 5.92.